The highest BCUT2D eigenvalue weighted by Gasteiger charge is 2.15. The Balaban J connectivity index is 1.58. The maximum atomic E-state index is 5.95. The number of anilines is 1. The summed E-state index contributed by atoms with van der Waals surface area (Å²) in [4.78, 5) is 2.35. The van der Waals surface area contributed by atoms with Gasteiger partial charge in [-0.25, -0.2) is 0 Å². The van der Waals surface area contributed by atoms with Crippen LogP contribution in [0.5, 0.6) is 11.5 Å². The molecule has 3 rings (SSSR count). The molecule has 0 unspecified atom stereocenters. The SMILES string of the molecule is COc1ccc(C=NN2CCN(c3ccc(Cl)cc3)CC2)cc1OC. The zero-order valence-corrected chi connectivity index (χ0v) is 15.2. The number of hydrogen-bond donors (Lipinski definition) is 0. The first-order chi connectivity index (χ1) is 12.2. The maximum absolute atomic E-state index is 5.95. The predicted molar refractivity (Wildman–Crippen MR) is 102 cm³/mol. The van der Waals surface area contributed by atoms with Gasteiger partial charge in [0.15, 0.2) is 11.5 Å². The summed E-state index contributed by atoms with van der Waals surface area (Å²) in [5.74, 6) is 1.43. The quantitative estimate of drug-likeness (QED) is 0.765. The Labute approximate surface area is 153 Å². The summed E-state index contributed by atoms with van der Waals surface area (Å²) < 4.78 is 10.6. The summed E-state index contributed by atoms with van der Waals surface area (Å²) in [7, 11) is 3.26. The number of ether oxygens (including phenoxy) is 2. The van der Waals surface area contributed by atoms with Crippen molar-refractivity contribution in [1.29, 1.82) is 0 Å². The Morgan fingerprint density at radius 3 is 2.24 bits per heavy atom. The Bertz CT molecular complexity index is 726. The van der Waals surface area contributed by atoms with E-state index in [9.17, 15) is 0 Å². The van der Waals surface area contributed by atoms with Crippen LogP contribution in [0.4, 0.5) is 5.69 Å². The third-order valence-electron chi connectivity index (χ3n) is 4.23. The summed E-state index contributed by atoms with van der Waals surface area (Å²) >= 11 is 5.95. The molecular formula is C19H22ClN3O2. The molecule has 0 N–H and O–H groups in total. The number of hydrazone groups is 1. The molecule has 6 heteroatoms. The molecule has 1 fully saturated rings. The van der Waals surface area contributed by atoms with Gasteiger partial charge in [0.1, 0.15) is 0 Å². The van der Waals surface area contributed by atoms with Gasteiger partial charge in [-0.05, 0) is 48.0 Å². The second-order valence-corrected chi connectivity index (χ2v) is 6.21. The molecule has 2 aromatic rings. The first-order valence-electron chi connectivity index (χ1n) is 8.21. The third kappa shape index (κ3) is 4.37. The van der Waals surface area contributed by atoms with Crippen molar-refractivity contribution in [3.8, 4) is 11.5 Å². The average Bonchev–Trinajstić information content (AvgIpc) is 2.67. The number of rotatable bonds is 5. The number of halogens is 1. The molecule has 0 atom stereocenters. The van der Waals surface area contributed by atoms with E-state index in [4.69, 9.17) is 21.1 Å². The lowest BCUT2D eigenvalue weighted by Crippen LogP contribution is -2.44. The lowest BCUT2D eigenvalue weighted by molar-refractivity contribution is 0.272. The summed E-state index contributed by atoms with van der Waals surface area (Å²) in [6.45, 7) is 3.63. The number of nitrogens with zero attached hydrogens (tertiary/aromatic N) is 3. The van der Waals surface area contributed by atoms with Crippen molar-refractivity contribution in [3.63, 3.8) is 0 Å². The lowest BCUT2D eigenvalue weighted by atomic mass is 10.2. The van der Waals surface area contributed by atoms with E-state index < -0.39 is 0 Å². The standard InChI is InChI=1S/C19H22ClN3O2/c1-24-18-8-3-15(13-19(18)25-2)14-21-23-11-9-22(10-12-23)17-6-4-16(20)5-7-17/h3-8,13-14H,9-12H2,1-2H3. The molecule has 1 aliphatic rings. The topological polar surface area (TPSA) is 37.3 Å². The number of piperazine rings is 1. The van der Waals surface area contributed by atoms with Crippen LogP contribution in [0.2, 0.25) is 5.02 Å². The van der Waals surface area contributed by atoms with Crippen LogP contribution in [0.1, 0.15) is 5.56 Å². The molecule has 0 spiro atoms. The molecule has 0 saturated carbocycles. The zero-order chi connectivity index (χ0) is 17.6. The van der Waals surface area contributed by atoms with E-state index in [1.807, 2.05) is 36.5 Å². The Kier molecular flexibility index (Phi) is 5.66. The minimum atomic E-state index is 0.707. The van der Waals surface area contributed by atoms with Crippen LogP contribution in [-0.4, -0.2) is 51.6 Å². The van der Waals surface area contributed by atoms with E-state index in [0.717, 1.165) is 42.5 Å². The summed E-state index contributed by atoms with van der Waals surface area (Å²) in [5, 5.41) is 7.44. The van der Waals surface area contributed by atoms with Gasteiger partial charge in [-0.15, -0.1) is 0 Å². The third-order valence-corrected chi connectivity index (χ3v) is 4.48. The van der Waals surface area contributed by atoms with Crippen molar-refractivity contribution in [3.05, 3.63) is 53.1 Å². The van der Waals surface area contributed by atoms with Gasteiger partial charge in [-0.3, -0.25) is 5.01 Å². The first-order valence-corrected chi connectivity index (χ1v) is 8.59. The van der Waals surface area contributed by atoms with Gasteiger partial charge in [0.05, 0.1) is 33.5 Å². The Hall–Kier alpha value is -2.40. The van der Waals surface area contributed by atoms with E-state index in [0.29, 0.717) is 5.75 Å². The molecule has 0 amide bonds. The van der Waals surface area contributed by atoms with Crippen molar-refractivity contribution < 1.29 is 9.47 Å². The van der Waals surface area contributed by atoms with Gasteiger partial charge < -0.3 is 14.4 Å². The monoisotopic (exact) mass is 359 g/mol. The number of benzene rings is 2. The molecule has 0 bridgehead atoms. The van der Waals surface area contributed by atoms with Gasteiger partial charge in [-0.1, -0.05) is 11.6 Å². The molecule has 0 aliphatic carbocycles. The largest absolute Gasteiger partial charge is 0.493 e. The molecule has 0 aromatic heterocycles. The Morgan fingerprint density at radius 1 is 0.920 bits per heavy atom. The van der Waals surface area contributed by atoms with Crippen LogP contribution in [0.25, 0.3) is 0 Å². The van der Waals surface area contributed by atoms with Gasteiger partial charge >= 0.3 is 0 Å². The molecule has 2 aromatic carbocycles. The van der Waals surface area contributed by atoms with Gasteiger partial charge in [0.2, 0.25) is 0 Å². The van der Waals surface area contributed by atoms with Crippen LogP contribution in [-0.2, 0) is 0 Å². The smallest absolute Gasteiger partial charge is 0.161 e. The fourth-order valence-electron chi connectivity index (χ4n) is 2.80. The fraction of sp³-hybridized carbons (Fsp3) is 0.316. The van der Waals surface area contributed by atoms with Crippen molar-refractivity contribution >= 4 is 23.5 Å². The second kappa shape index (κ2) is 8.12. The van der Waals surface area contributed by atoms with E-state index in [1.54, 1.807) is 14.2 Å². The summed E-state index contributed by atoms with van der Waals surface area (Å²) in [6, 6.07) is 13.8. The predicted octanol–water partition coefficient (Wildman–Crippen LogP) is 3.51. The van der Waals surface area contributed by atoms with Crippen molar-refractivity contribution in [2.45, 2.75) is 0 Å². The van der Waals surface area contributed by atoms with Crippen LogP contribution in [0, 0.1) is 0 Å². The lowest BCUT2D eigenvalue weighted by Gasteiger charge is -2.34. The van der Waals surface area contributed by atoms with Crippen LogP contribution in [0.15, 0.2) is 47.6 Å². The van der Waals surface area contributed by atoms with Gasteiger partial charge in [0.25, 0.3) is 0 Å². The Morgan fingerprint density at radius 2 is 1.60 bits per heavy atom. The molecule has 1 aliphatic heterocycles. The highest BCUT2D eigenvalue weighted by molar-refractivity contribution is 6.30. The average molecular weight is 360 g/mol. The van der Waals surface area contributed by atoms with E-state index in [1.165, 1.54) is 5.69 Å². The number of methoxy groups -OCH3 is 2. The van der Waals surface area contributed by atoms with Crippen LogP contribution < -0.4 is 14.4 Å². The van der Waals surface area contributed by atoms with Crippen molar-refractivity contribution in [2.75, 3.05) is 45.3 Å². The van der Waals surface area contributed by atoms with E-state index in [-0.39, 0.29) is 0 Å². The molecule has 1 saturated heterocycles. The number of hydrogen-bond acceptors (Lipinski definition) is 5. The summed E-state index contributed by atoms with van der Waals surface area (Å²) in [5.41, 5.74) is 2.19. The van der Waals surface area contributed by atoms with E-state index >= 15 is 0 Å². The molecule has 5 nitrogen and oxygen atoms in total. The fourth-order valence-corrected chi connectivity index (χ4v) is 2.93. The highest BCUT2D eigenvalue weighted by atomic mass is 35.5. The van der Waals surface area contributed by atoms with Crippen LogP contribution in [0.3, 0.4) is 0 Å². The minimum absolute atomic E-state index is 0.707. The zero-order valence-electron chi connectivity index (χ0n) is 14.5. The first kappa shape index (κ1) is 17.4. The molecule has 0 radical (unpaired) electrons. The van der Waals surface area contributed by atoms with Crippen molar-refractivity contribution in [2.24, 2.45) is 5.10 Å². The molecule has 132 valence electrons. The normalized spacial score (nSPS) is 14.8. The van der Waals surface area contributed by atoms with Gasteiger partial charge in [0, 0.05) is 23.8 Å². The molecule has 1 heterocycles. The van der Waals surface area contributed by atoms with Crippen LogP contribution >= 0.6 is 11.6 Å². The minimum Gasteiger partial charge on any atom is -0.493 e. The maximum Gasteiger partial charge on any atom is 0.161 e. The highest BCUT2D eigenvalue weighted by Crippen LogP contribution is 2.27. The molecule has 25 heavy (non-hydrogen) atoms. The molecular weight excluding hydrogens is 338 g/mol. The van der Waals surface area contributed by atoms with Crippen molar-refractivity contribution in [1.82, 2.24) is 5.01 Å². The van der Waals surface area contributed by atoms with Gasteiger partial charge in [-0.2, -0.15) is 5.10 Å². The summed E-state index contributed by atoms with van der Waals surface area (Å²) in [6.07, 6.45) is 1.86. The second-order valence-electron chi connectivity index (χ2n) is 5.78. The van der Waals surface area contributed by atoms with E-state index in [2.05, 4.69) is 27.1 Å².